The number of carbonyl (C=O) groups excluding carboxylic acids is 2. The van der Waals surface area contributed by atoms with Crippen LogP contribution in [-0.2, 0) is 16.1 Å². The molecule has 1 atom stereocenters. The van der Waals surface area contributed by atoms with E-state index in [9.17, 15) is 9.59 Å². The normalized spacial score (nSPS) is 14.6. The second kappa shape index (κ2) is 12.1. The molecule has 6 nitrogen and oxygen atoms in total. The number of methoxy groups -OCH3 is 1. The second-order valence-corrected chi connectivity index (χ2v) is 9.28. The molecule has 2 amide bonds. The number of amides is 2. The molecule has 2 aromatic carbocycles. The summed E-state index contributed by atoms with van der Waals surface area (Å²) in [5, 5.41) is 3.15. The zero-order valence-electron chi connectivity index (χ0n) is 18.7. The zero-order chi connectivity index (χ0) is 22.9. The molecule has 1 unspecified atom stereocenters. The first-order valence-corrected chi connectivity index (χ1v) is 12.2. The number of nitrogens with one attached hydrogen (secondary N) is 1. The van der Waals surface area contributed by atoms with E-state index in [-0.39, 0.29) is 24.5 Å². The average Bonchev–Trinajstić information content (AvgIpc) is 3.31. The van der Waals surface area contributed by atoms with Crippen LogP contribution >= 0.6 is 22.6 Å². The Morgan fingerprint density at radius 2 is 1.84 bits per heavy atom. The summed E-state index contributed by atoms with van der Waals surface area (Å²) in [4.78, 5) is 28.0. The van der Waals surface area contributed by atoms with Gasteiger partial charge in [0.25, 0.3) is 5.91 Å². The fourth-order valence-corrected chi connectivity index (χ4v) is 4.37. The van der Waals surface area contributed by atoms with E-state index in [2.05, 4.69) is 27.9 Å². The third-order valence-corrected chi connectivity index (χ3v) is 6.47. The summed E-state index contributed by atoms with van der Waals surface area (Å²) in [5.74, 6) is 1.03. The lowest BCUT2D eigenvalue weighted by molar-refractivity contribution is -0.143. The van der Waals surface area contributed by atoms with Crippen LogP contribution < -0.4 is 14.8 Å². The van der Waals surface area contributed by atoms with Crippen molar-refractivity contribution in [2.75, 3.05) is 13.7 Å². The highest BCUT2D eigenvalue weighted by Crippen LogP contribution is 2.21. The first-order chi connectivity index (χ1) is 15.5. The van der Waals surface area contributed by atoms with Crippen LogP contribution in [0.3, 0.4) is 0 Å². The molecule has 32 heavy (non-hydrogen) atoms. The summed E-state index contributed by atoms with van der Waals surface area (Å²) in [6.07, 6.45) is 4.80. The molecular formula is C25H31IN2O4. The number of carbonyl (C=O) groups is 2. The van der Waals surface area contributed by atoms with Crippen LogP contribution in [0.4, 0.5) is 0 Å². The van der Waals surface area contributed by atoms with E-state index in [0.717, 1.165) is 34.8 Å². The van der Waals surface area contributed by atoms with E-state index in [1.54, 1.807) is 12.0 Å². The molecule has 0 bridgehead atoms. The van der Waals surface area contributed by atoms with Crippen molar-refractivity contribution in [3.05, 3.63) is 57.7 Å². The Kier molecular flexibility index (Phi) is 9.20. The summed E-state index contributed by atoms with van der Waals surface area (Å²) < 4.78 is 12.2. The van der Waals surface area contributed by atoms with Gasteiger partial charge in [0.1, 0.15) is 17.5 Å². The van der Waals surface area contributed by atoms with Gasteiger partial charge in [-0.3, -0.25) is 9.59 Å². The Bertz CT molecular complexity index is 897. The van der Waals surface area contributed by atoms with E-state index in [0.29, 0.717) is 24.5 Å². The van der Waals surface area contributed by atoms with Gasteiger partial charge in [-0.25, -0.2) is 0 Å². The smallest absolute Gasteiger partial charge is 0.261 e. The fraction of sp³-hybridized carbons (Fsp3) is 0.440. The number of hydrogen-bond acceptors (Lipinski definition) is 4. The van der Waals surface area contributed by atoms with Crippen LogP contribution in [0, 0.1) is 3.57 Å². The predicted octanol–water partition coefficient (Wildman–Crippen LogP) is 4.54. The lowest BCUT2D eigenvalue weighted by Gasteiger charge is -2.31. The topological polar surface area (TPSA) is 67.9 Å². The molecule has 1 N–H and O–H groups in total. The van der Waals surface area contributed by atoms with Crippen molar-refractivity contribution in [2.24, 2.45) is 0 Å². The molecule has 0 saturated heterocycles. The zero-order valence-corrected chi connectivity index (χ0v) is 20.8. The lowest BCUT2D eigenvalue weighted by atomic mass is 10.1. The van der Waals surface area contributed by atoms with Crippen molar-refractivity contribution >= 4 is 34.4 Å². The van der Waals surface area contributed by atoms with Crippen LogP contribution in [0.15, 0.2) is 48.5 Å². The van der Waals surface area contributed by atoms with E-state index < -0.39 is 6.04 Å². The molecule has 1 saturated carbocycles. The predicted molar refractivity (Wildman–Crippen MR) is 133 cm³/mol. The van der Waals surface area contributed by atoms with E-state index in [4.69, 9.17) is 9.47 Å². The van der Waals surface area contributed by atoms with E-state index in [1.807, 2.05) is 55.5 Å². The standard InChI is InChI=1S/C25H31IN2O4/c1-3-23(25(30)27-20-8-4-5-9-20)28(16-18-7-6-10-22(15-18)31-2)24(29)17-32-21-13-11-19(26)12-14-21/h6-7,10-15,20,23H,3-5,8-9,16-17H2,1-2H3,(H,27,30). The van der Waals surface area contributed by atoms with Gasteiger partial charge >= 0.3 is 0 Å². The first kappa shape index (κ1) is 24.4. The number of nitrogens with zero attached hydrogens (tertiary/aromatic N) is 1. The third kappa shape index (κ3) is 6.85. The van der Waals surface area contributed by atoms with Crippen molar-refractivity contribution in [2.45, 2.75) is 57.7 Å². The highest BCUT2D eigenvalue weighted by molar-refractivity contribution is 14.1. The van der Waals surface area contributed by atoms with Crippen molar-refractivity contribution < 1.29 is 19.1 Å². The van der Waals surface area contributed by atoms with Gasteiger partial charge < -0.3 is 19.7 Å². The largest absolute Gasteiger partial charge is 0.497 e. The maximum absolute atomic E-state index is 13.3. The lowest BCUT2D eigenvalue weighted by Crippen LogP contribution is -2.52. The second-order valence-electron chi connectivity index (χ2n) is 8.03. The van der Waals surface area contributed by atoms with Gasteiger partial charge in [0.2, 0.25) is 5.91 Å². The third-order valence-electron chi connectivity index (χ3n) is 5.75. The molecule has 0 aliphatic heterocycles. The Morgan fingerprint density at radius 1 is 1.12 bits per heavy atom. The van der Waals surface area contributed by atoms with Crippen LogP contribution in [0.2, 0.25) is 0 Å². The van der Waals surface area contributed by atoms with E-state index >= 15 is 0 Å². The molecule has 0 radical (unpaired) electrons. The molecule has 1 aliphatic carbocycles. The summed E-state index contributed by atoms with van der Waals surface area (Å²) >= 11 is 2.22. The highest BCUT2D eigenvalue weighted by atomic mass is 127. The fourth-order valence-electron chi connectivity index (χ4n) is 4.01. The van der Waals surface area contributed by atoms with Crippen molar-refractivity contribution in [1.82, 2.24) is 10.2 Å². The maximum Gasteiger partial charge on any atom is 0.261 e. The van der Waals surface area contributed by atoms with Gasteiger partial charge in [0.15, 0.2) is 6.61 Å². The van der Waals surface area contributed by atoms with Gasteiger partial charge in [0.05, 0.1) is 7.11 Å². The minimum atomic E-state index is -0.561. The molecular weight excluding hydrogens is 519 g/mol. The van der Waals surface area contributed by atoms with Crippen LogP contribution in [0.5, 0.6) is 11.5 Å². The van der Waals surface area contributed by atoms with Crippen LogP contribution in [-0.4, -0.2) is 42.5 Å². The molecule has 0 heterocycles. The molecule has 2 aromatic rings. The number of halogens is 1. The highest BCUT2D eigenvalue weighted by Gasteiger charge is 2.30. The molecule has 1 fully saturated rings. The Hall–Kier alpha value is -2.29. The van der Waals surface area contributed by atoms with Crippen molar-refractivity contribution in [3.63, 3.8) is 0 Å². The molecule has 1 aliphatic rings. The molecule has 0 spiro atoms. The quantitative estimate of drug-likeness (QED) is 0.441. The number of hydrogen-bond donors (Lipinski definition) is 1. The summed E-state index contributed by atoms with van der Waals surface area (Å²) in [5.41, 5.74) is 0.902. The number of ether oxygens (including phenoxy) is 2. The summed E-state index contributed by atoms with van der Waals surface area (Å²) in [6.45, 7) is 2.12. The van der Waals surface area contributed by atoms with Gasteiger partial charge in [-0.1, -0.05) is 31.9 Å². The molecule has 3 rings (SSSR count). The average molecular weight is 550 g/mol. The summed E-state index contributed by atoms with van der Waals surface area (Å²) in [7, 11) is 1.61. The monoisotopic (exact) mass is 550 g/mol. The van der Waals surface area contributed by atoms with Gasteiger partial charge in [-0.05, 0) is 83.8 Å². The Labute approximate surface area is 203 Å². The van der Waals surface area contributed by atoms with Crippen LogP contribution in [0.25, 0.3) is 0 Å². The van der Waals surface area contributed by atoms with Crippen LogP contribution in [0.1, 0.15) is 44.6 Å². The number of benzene rings is 2. The maximum atomic E-state index is 13.3. The number of rotatable bonds is 10. The molecule has 0 aromatic heterocycles. The Morgan fingerprint density at radius 3 is 2.50 bits per heavy atom. The van der Waals surface area contributed by atoms with Gasteiger partial charge in [-0.15, -0.1) is 0 Å². The minimum Gasteiger partial charge on any atom is -0.497 e. The SMILES string of the molecule is CCC(C(=O)NC1CCCC1)N(Cc1cccc(OC)c1)C(=O)COc1ccc(I)cc1. The molecule has 172 valence electrons. The van der Waals surface area contributed by atoms with Crippen molar-refractivity contribution in [1.29, 1.82) is 0 Å². The molecule has 7 heteroatoms. The first-order valence-electron chi connectivity index (χ1n) is 11.1. The van der Waals surface area contributed by atoms with Gasteiger partial charge in [0, 0.05) is 16.2 Å². The van der Waals surface area contributed by atoms with Gasteiger partial charge in [-0.2, -0.15) is 0 Å². The van der Waals surface area contributed by atoms with E-state index in [1.165, 1.54) is 0 Å². The minimum absolute atomic E-state index is 0.0927. The Balaban J connectivity index is 1.76. The van der Waals surface area contributed by atoms with Crippen molar-refractivity contribution in [3.8, 4) is 11.5 Å². The summed E-state index contributed by atoms with van der Waals surface area (Å²) in [6, 6.07) is 14.8.